The first-order chi connectivity index (χ1) is 8.02. The molecule has 0 spiro atoms. The van der Waals surface area contributed by atoms with E-state index in [9.17, 15) is 0 Å². The number of hydrogen-bond donors (Lipinski definition) is 1. The molecule has 0 saturated carbocycles. The van der Waals surface area contributed by atoms with E-state index in [0.717, 1.165) is 24.4 Å². The van der Waals surface area contributed by atoms with Crippen LogP contribution in [0.15, 0.2) is 0 Å². The highest BCUT2D eigenvalue weighted by Crippen LogP contribution is 2.24. The third kappa shape index (κ3) is 4.97. The Bertz CT molecular complexity index is 203. The maximum absolute atomic E-state index is 3.61. The number of nitrogens with zero attached hydrogens (tertiary/aromatic N) is 1. The molecule has 1 saturated heterocycles. The normalized spacial score (nSPS) is 28.6. The molecule has 1 N–H and O–H groups in total. The molecule has 1 aliphatic rings. The van der Waals surface area contributed by atoms with Crippen LogP contribution in [0.3, 0.4) is 0 Å². The first-order valence-electron chi connectivity index (χ1n) is 7.48. The molecule has 0 bridgehead atoms. The highest BCUT2D eigenvalue weighted by Gasteiger charge is 2.27. The Balaban J connectivity index is 2.24. The largest absolute Gasteiger partial charge is 0.315 e. The van der Waals surface area contributed by atoms with Crippen LogP contribution in [0, 0.1) is 11.8 Å². The fourth-order valence-electron chi connectivity index (χ4n) is 2.81. The number of hydrogen-bond acceptors (Lipinski definition) is 2. The number of nitrogens with one attached hydrogen (secondary N) is 1. The predicted molar refractivity (Wildman–Crippen MR) is 76.4 cm³/mol. The summed E-state index contributed by atoms with van der Waals surface area (Å²) in [6, 6.07) is 1.44. The summed E-state index contributed by atoms with van der Waals surface area (Å²) in [7, 11) is 0. The molecule has 1 fully saturated rings. The van der Waals surface area contributed by atoms with Crippen molar-refractivity contribution in [3.63, 3.8) is 0 Å². The Hall–Kier alpha value is -0.0800. The van der Waals surface area contributed by atoms with Crippen molar-refractivity contribution >= 4 is 0 Å². The van der Waals surface area contributed by atoms with Gasteiger partial charge in [0.25, 0.3) is 0 Å². The molecule has 0 aromatic carbocycles. The second-order valence-electron chi connectivity index (χ2n) is 6.33. The number of piperidine rings is 1. The Morgan fingerprint density at radius 1 is 1.24 bits per heavy atom. The maximum atomic E-state index is 3.61. The zero-order chi connectivity index (χ0) is 12.8. The Morgan fingerprint density at radius 2 is 1.94 bits per heavy atom. The van der Waals surface area contributed by atoms with Gasteiger partial charge in [-0.15, -0.1) is 0 Å². The zero-order valence-corrected chi connectivity index (χ0v) is 12.5. The van der Waals surface area contributed by atoms with E-state index in [1.807, 2.05) is 0 Å². The van der Waals surface area contributed by atoms with Crippen molar-refractivity contribution in [3.05, 3.63) is 0 Å². The summed E-state index contributed by atoms with van der Waals surface area (Å²) < 4.78 is 0. The van der Waals surface area contributed by atoms with E-state index >= 15 is 0 Å². The minimum Gasteiger partial charge on any atom is -0.315 e. The molecule has 2 nitrogen and oxygen atoms in total. The van der Waals surface area contributed by atoms with Gasteiger partial charge in [0.05, 0.1) is 0 Å². The van der Waals surface area contributed by atoms with Crippen molar-refractivity contribution < 1.29 is 0 Å². The van der Waals surface area contributed by atoms with Gasteiger partial charge < -0.3 is 5.32 Å². The van der Waals surface area contributed by atoms with Crippen LogP contribution < -0.4 is 5.32 Å². The van der Waals surface area contributed by atoms with Crippen molar-refractivity contribution in [2.75, 3.05) is 19.6 Å². The minimum absolute atomic E-state index is 0.680. The van der Waals surface area contributed by atoms with Gasteiger partial charge in [-0.25, -0.2) is 0 Å². The molecule has 0 radical (unpaired) electrons. The van der Waals surface area contributed by atoms with Crippen molar-refractivity contribution in [1.82, 2.24) is 10.2 Å². The lowest BCUT2D eigenvalue weighted by Gasteiger charge is -2.41. The highest BCUT2D eigenvalue weighted by atomic mass is 15.2. The van der Waals surface area contributed by atoms with Gasteiger partial charge in [0.1, 0.15) is 0 Å². The van der Waals surface area contributed by atoms with E-state index in [2.05, 4.69) is 44.8 Å². The molecule has 1 heterocycles. The smallest absolute Gasteiger partial charge is 0.0195 e. The van der Waals surface area contributed by atoms with Crippen LogP contribution in [-0.4, -0.2) is 36.6 Å². The number of rotatable bonds is 6. The average molecular weight is 240 g/mol. The van der Waals surface area contributed by atoms with E-state index < -0.39 is 0 Å². The lowest BCUT2D eigenvalue weighted by molar-refractivity contribution is 0.0751. The van der Waals surface area contributed by atoms with Gasteiger partial charge in [-0.2, -0.15) is 0 Å². The summed E-state index contributed by atoms with van der Waals surface area (Å²) in [6.07, 6.45) is 4.08. The molecule has 1 aliphatic heterocycles. The average Bonchev–Trinajstić information content (AvgIpc) is 2.27. The Kier molecular flexibility index (Phi) is 6.50. The minimum atomic E-state index is 0.680. The van der Waals surface area contributed by atoms with Gasteiger partial charge in [-0.05, 0) is 58.0 Å². The van der Waals surface area contributed by atoms with Crippen molar-refractivity contribution in [2.24, 2.45) is 11.8 Å². The van der Waals surface area contributed by atoms with Crippen LogP contribution in [0.2, 0.25) is 0 Å². The molecule has 3 unspecified atom stereocenters. The lowest BCUT2D eigenvalue weighted by Crippen LogP contribution is -2.50. The number of likely N-dealkylation sites (tertiary alicyclic amines) is 1. The summed E-state index contributed by atoms with van der Waals surface area (Å²) in [4.78, 5) is 2.69. The van der Waals surface area contributed by atoms with Gasteiger partial charge in [0.2, 0.25) is 0 Å². The second-order valence-corrected chi connectivity index (χ2v) is 6.33. The van der Waals surface area contributed by atoms with Crippen molar-refractivity contribution in [1.29, 1.82) is 0 Å². The van der Waals surface area contributed by atoms with E-state index in [-0.39, 0.29) is 0 Å². The van der Waals surface area contributed by atoms with E-state index in [1.54, 1.807) is 0 Å². The first kappa shape index (κ1) is 15.0. The van der Waals surface area contributed by atoms with Crippen LogP contribution in [0.25, 0.3) is 0 Å². The lowest BCUT2D eigenvalue weighted by atomic mass is 9.91. The van der Waals surface area contributed by atoms with Gasteiger partial charge in [0, 0.05) is 18.6 Å². The fraction of sp³-hybridized carbons (Fsp3) is 1.00. The SMILES string of the molecule is CC(C)CCNCC(C)N1CCCC(C)C1C. The monoisotopic (exact) mass is 240 g/mol. The van der Waals surface area contributed by atoms with Gasteiger partial charge in [-0.3, -0.25) is 4.90 Å². The van der Waals surface area contributed by atoms with Crippen LogP contribution in [0.5, 0.6) is 0 Å². The summed E-state index contributed by atoms with van der Waals surface area (Å²) in [5.41, 5.74) is 0. The quantitative estimate of drug-likeness (QED) is 0.718. The third-order valence-corrected chi connectivity index (χ3v) is 4.33. The standard InChI is InChI=1S/C15H32N2/c1-12(2)8-9-16-11-14(4)17-10-6-7-13(3)15(17)5/h12-16H,6-11H2,1-5H3. The Morgan fingerprint density at radius 3 is 2.59 bits per heavy atom. The molecule has 0 aromatic heterocycles. The van der Waals surface area contributed by atoms with E-state index in [0.29, 0.717) is 6.04 Å². The topological polar surface area (TPSA) is 15.3 Å². The van der Waals surface area contributed by atoms with Crippen LogP contribution in [0.1, 0.15) is 53.9 Å². The summed E-state index contributed by atoms with van der Waals surface area (Å²) in [5, 5.41) is 3.61. The van der Waals surface area contributed by atoms with Crippen LogP contribution in [0.4, 0.5) is 0 Å². The third-order valence-electron chi connectivity index (χ3n) is 4.33. The van der Waals surface area contributed by atoms with E-state index in [1.165, 1.54) is 32.4 Å². The van der Waals surface area contributed by atoms with Crippen molar-refractivity contribution in [3.8, 4) is 0 Å². The van der Waals surface area contributed by atoms with Gasteiger partial charge in [0.15, 0.2) is 0 Å². The molecule has 17 heavy (non-hydrogen) atoms. The summed E-state index contributed by atoms with van der Waals surface area (Å²) in [5.74, 6) is 1.67. The summed E-state index contributed by atoms with van der Waals surface area (Å²) >= 11 is 0. The van der Waals surface area contributed by atoms with E-state index in [4.69, 9.17) is 0 Å². The Labute approximate surface area is 108 Å². The molecule has 2 heteroatoms. The molecule has 0 aromatic rings. The van der Waals surface area contributed by atoms with Crippen molar-refractivity contribution in [2.45, 2.75) is 66.0 Å². The first-order valence-corrected chi connectivity index (χ1v) is 7.48. The molecule has 0 aliphatic carbocycles. The second kappa shape index (κ2) is 7.38. The predicted octanol–water partition coefficient (Wildman–Crippen LogP) is 3.13. The van der Waals surface area contributed by atoms with Crippen LogP contribution in [-0.2, 0) is 0 Å². The molecule has 1 rings (SSSR count). The molecule has 3 atom stereocenters. The molecular weight excluding hydrogens is 208 g/mol. The molecular formula is C15H32N2. The zero-order valence-electron chi connectivity index (χ0n) is 12.5. The summed E-state index contributed by atoms with van der Waals surface area (Å²) in [6.45, 7) is 15.3. The maximum Gasteiger partial charge on any atom is 0.0195 e. The van der Waals surface area contributed by atoms with Crippen LogP contribution >= 0.6 is 0 Å². The molecule has 102 valence electrons. The fourth-order valence-corrected chi connectivity index (χ4v) is 2.81. The van der Waals surface area contributed by atoms with Gasteiger partial charge >= 0.3 is 0 Å². The molecule has 0 amide bonds. The van der Waals surface area contributed by atoms with Gasteiger partial charge in [-0.1, -0.05) is 20.8 Å². The highest BCUT2D eigenvalue weighted by molar-refractivity contribution is 4.83.